The Morgan fingerprint density at radius 3 is 2.52 bits per heavy atom. The molecule has 0 radical (unpaired) electrons. The fraction of sp³-hybridized carbons (Fsp3) is 0.273. The SMILES string of the molecule is CC(Nc1c(C(=O)N2CCSCC2)cnc2ccc(F)cc12)c1ccc(F)cc1. The van der Waals surface area contributed by atoms with Gasteiger partial charge in [-0.3, -0.25) is 9.78 Å². The molecule has 1 aliphatic rings. The van der Waals surface area contributed by atoms with E-state index in [0.29, 0.717) is 35.2 Å². The van der Waals surface area contributed by atoms with Gasteiger partial charge in [0.15, 0.2) is 0 Å². The third-order valence-electron chi connectivity index (χ3n) is 5.09. The van der Waals surface area contributed by atoms with Crippen LogP contribution in [0.2, 0.25) is 0 Å². The summed E-state index contributed by atoms with van der Waals surface area (Å²) in [5.41, 5.74) is 2.44. The average Bonchev–Trinajstić information content (AvgIpc) is 2.74. The number of fused-ring (bicyclic) bond motifs is 1. The number of carbonyl (C=O) groups excluding carboxylic acids is 1. The molecule has 1 aromatic heterocycles. The summed E-state index contributed by atoms with van der Waals surface area (Å²) in [6.07, 6.45) is 1.56. The van der Waals surface area contributed by atoms with Gasteiger partial charge in [0, 0.05) is 42.2 Å². The Bertz CT molecular complexity index is 1040. The smallest absolute Gasteiger partial charge is 0.257 e. The number of hydrogen-bond acceptors (Lipinski definition) is 4. The van der Waals surface area contributed by atoms with Crippen LogP contribution in [0.15, 0.2) is 48.7 Å². The monoisotopic (exact) mass is 413 g/mol. The molecule has 2 heterocycles. The molecule has 3 aromatic rings. The summed E-state index contributed by atoms with van der Waals surface area (Å²) in [7, 11) is 0. The van der Waals surface area contributed by atoms with Gasteiger partial charge >= 0.3 is 0 Å². The van der Waals surface area contributed by atoms with Gasteiger partial charge in [0.25, 0.3) is 5.91 Å². The molecule has 1 unspecified atom stereocenters. The number of carbonyl (C=O) groups is 1. The zero-order valence-corrected chi connectivity index (χ0v) is 16.8. The van der Waals surface area contributed by atoms with E-state index in [4.69, 9.17) is 0 Å². The van der Waals surface area contributed by atoms with Crippen LogP contribution < -0.4 is 5.32 Å². The van der Waals surface area contributed by atoms with Gasteiger partial charge in [-0.05, 0) is 42.8 Å². The molecule has 0 spiro atoms. The number of aromatic nitrogens is 1. The molecule has 1 saturated heterocycles. The number of halogens is 2. The number of rotatable bonds is 4. The highest BCUT2D eigenvalue weighted by atomic mass is 32.2. The molecule has 1 aliphatic heterocycles. The van der Waals surface area contributed by atoms with Gasteiger partial charge in [-0.2, -0.15) is 11.8 Å². The highest BCUT2D eigenvalue weighted by molar-refractivity contribution is 7.99. The fourth-order valence-corrected chi connectivity index (χ4v) is 4.37. The van der Waals surface area contributed by atoms with E-state index in [2.05, 4.69) is 10.3 Å². The molecular weight excluding hydrogens is 392 g/mol. The summed E-state index contributed by atoms with van der Waals surface area (Å²) < 4.78 is 27.3. The number of nitrogens with one attached hydrogen (secondary N) is 1. The molecule has 1 N–H and O–H groups in total. The minimum Gasteiger partial charge on any atom is -0.377 e. The van der Waals surface area contributed by atoms with Gasteiger partial charge in [-0.15, -0.1) is 0 Å². The van der Waals surface area contributed by atoms with Crippen LogP contribution in [0.25, 0.3) is 10.9 Å². The van der Waals surface area contributed by atoms with Gasteiger partial charge in [-0.1, -0.05) is 12.1 Å². The van der Waals surface area contributed by atoms with Crippen molar-refractivity contribution in [2.45, 2.75) is 13.0 Å². The normalized spacial score (nSPS) is 15.3. The number of pyridine rings is 1. The van der Waals surface area contributed by atoms with E-state index in [0.717, 1.165) is 17.1 Å². The minimum atomic E-state index is -0.393. The van der Waals surface area contributed by atoms with Crippen molar-refractivity contribution in [2.24, 2.45) is 0 Å². The summed E-state index contributed by atoms with van der Waals surface area (Å²) in [6, 6.07) is 10.3. The molecule has 4 rings (SSSR count). The van der Waals surface area contributed by atoms with Crippen LogP contribution in [-0.2, 0) is 0 Å². The molecule has 29 heavy (non-hydrogen) atoms. The van der Waals surface area contributed by atoms with E-state index < -0.39 is 5.82 Å². The third-order valence-corrected chi connectivity index (χ3v) is 6.03. The average molecular weight is 413 g/mol. The lowest BCUT2D eigenvalue weighted by Crippen LogP contribution is -2.38. The Balaban J connectivity index is 1.76. The summed E-state index contributed by atoms with van der Waals surface area (Å²) in [4.78, 5) is 19.4. The second-order valence-electron chi connectivity index (χ2n) is 7.03. The van der Waals surface area contributed by atoms with Gasteiger partial charge in [0.2, 0.25) is 0 Å². The number of nitrogens with zero attached hydrogens (tertiary/aromatic N) is 2. The first-order valence-corrected chi connectivity index (χ1v) is 10.7. The van der Waals surface area contributed by atoms with Crippen LogP contribution in [0.5, 0.6) is 0 Å². The van der Waals surface area contributed by atoms with E-state index in [1.807, 2.05) is 23.6 Å². The second-order valence-corrected chi connectivity index (χ2v) is 8.26. The number of benzene rings is 2. The van der Waals surface area contributed by atoms with E-state index in [-0.39, 0.29) is 17.8 Å². The second kappa shape index (κ2) is 8.37. The number of amides is 1. The van der Waals surface area contributed by atoms with Crippen LogP contribution in [-0.4, -0.2) is 40.4 Å². The lowest BCUT2D eigenvalue weighted by atomic mass is 10.0. The largest absolute Gasteiger partial charge is 0.377 e. The van der Waals surface area contributed by atoms with Crippen LogP contribution in [0.3, 0.4) is 0 Å². The van der Waals surface area contributed by atoms with Crippen LogP contribution >= 0.6 is 11.8 Å². The van der Waals surface area contributed by atoms with Crippen molar-refractivity contribution in [2.75, 3.05) is 29.9 Å². The zero-order chi connectivity index (χ0) is 20.4. The van der Waals surface area contributed by atoms with E-state index in [9.17, 15) is 13.6 Å². The number of thioether (sulfide) groups is 1. The predicted molar refractivity (Wildman–Crippen MR) is 113 cm³/mol. The van der Waals surface area contributed by atoms with Gasteiger partial charge in [0.05, 0.1) is 16.8 Å². The molecule has 1 atom stereocenters. The number of hydrogen-bond donors (Lipinski definition) is 1. The molecule has 2 aromatic carbocycles. The lowest BCUT2D eigenvalue weighted by molar-refractivity contribution is 0.0773. The standard InChI is InChI=1S/C22H21F2N3OS/c1-14(15-2-4-16(23)5-3-15)26-21-18-12-17(24)6-7-20(18)25-13-19(21)22(28)27-8-10-29-11-9-27/h2-7,12-14H,8-11H2,1H3,(H,25,26). The lowest BCUT2D eigenvalue weighted by Gasteiger charge is -2.28. The van der Waals surface area contributed by atoms with Crippen molar-refractivity contribution in [3.05, 3.63) is 71.4 Å². The molecule has 150 valence electrons. The maximum Gasteiger partial charge on any atom is 0.257 e. The fourth-order valence-electron chi connectivity index (χ4n) is 3.47. The predicted octanol–water partition coefficient (Wildman–Crippen LogP) is 4.88. The first kappa shape index (κ1) is 19.6. The van der Waals surface area contributed by atoms with Crippen LogP contribution in [0.1, 0.15) is 28.9 Å². The molecule has 0 bridgehead atoms. The van der Waals surface area contributed by atoms with Gasteiger partial charge in [-0.25, -0.2) is 8.78 Å². The maximum atomic E-state index is 14.0. The molecule has 1 amide bonds. The zero-order valence-electron chi connectivity index (χ0n) is 16.0. The van der Waals surface area contributed by atoms with Gasteiger partial charge in [0.1, 0.15) is 11.6 Å². The Labute approximate surface area is 172 Å². The summed E-state index contributed by atoms with van der Waals surface area (Å²) in [5.74, 6) is 0.983. The Hall–Kier alpha value is -2.67. The first-order chi connectivity index (χ1) is 14.0. The quantitative estimate of drug-likeness (QED) is 0.663. The van der Waals surface area contributed by atoms with Crippen molar-refractivity contribution in [3.63, 3.8) is 0 Å². The highest BCUT2D eigenvalue weighted by Gasteiger charge is 2.24. The van der Waals surface area contributed by atoms with Crippen molar-refractivity contribution < 1.29 is 13.6 Å². The summed E-state index contributed by atoms with van der Waals surface area (Å²) in [6.45, 7) is 3.28. The summed E-state index contributed by atoms with van der Waals surface area (Å²) >= 11 is 1.82. The molecular formula is C22H21F2N3OS. The van der Waals surface area contributed by atoms with E-state index >= 15 is 0 Å². The summed E-state index contributed by atoms with van der Waals surface area (Å²) in [5, 5.41) is 3.91. The Morgan fingerprint density at radius 1 is 1.10 bits per heavy atom. The van der Waals surface area contributed by atoms with E-state index in [1.54, 1.807) is 24.4 Å². The Kier molecular flexibility index (Phi) is 5.67. The van der Waals surface area contributed by atoms with Crippen molar-refractivity contribution >= 4 is 34.3 Å². The minimum absolute atomic E-state index is 0.113. The van der Waals surface area contributed by atoms with E-state index in [1.165, 1.54) is 24.3 Å². The molecule has 1 fully saturated rings. The molecule has 0 aliphatic carbocycles. The van der Waals surface area contributed by atoms with Gasteiger partial charge < -0.3 is 10.2 Å². The van der Waals surface area contributed by atoms with Crippen LogP contribution in [0.4, 0.5) is 14.5 Å². The topological polar surface area (TPSA) is 45.2 Å². The third kappa shape index (κ3) is 4.19. The molecule has 4 nitrogen and oxygen atoms in total. The van der Waals surface area contributed by atoms with Crippen molar-refractivity contribution in [1.82, 2.24) is 9.88 Å². The Morgan fingerprint density at radius 2 is 1.79 bits per heavy atom. The van der Waals surface area contributed by atoms with Crippen molar-refractivity contribution in [1.29, 1.82) is 0 Å². The molecule has 7 heteroatoms. The number of anilines is 1. The highest BCUT2D eigenvalue weighted by Crippen LogP contribution is 2.31. The first-order valence-electron chi connectivity index (χ1n) is 9.50. The van der Waals surface area contributed by atoms with Crippen LogP contribution in [0, 0.1) is 11.6 Å². The van der Waals surface area contributed by atoms with Crippen molar-refractivity contribution in [3.8, 4) is 0 Å². The molecule has 0 saturated carbocycles. The maximum absolute atomic E-state index is 14.0.